The molecule has 0 spiro atoms. The van der Waals surface area contributed by atoms with Crippen LogP contribution in [0.1, 0.15) is 16.1 Å². The van der Waals surface area contributed by atoms with Crippen molar-refractivity contribution in [1.82, 2.24) is 4.90 Å². The van der Waals surface area contributed by atoms with E-state index in [9.17, 15) is 14.8 Å². The normalized spacial score (nSPS) is 10.1. The maximum atomic E-state index is 12.1. The number of hydrogen-bond acceptors (Lipinski definition) is 5. The van der Waals surface area contributed by atoms with Gasteiger partial charge in [-0.2, -0.15) is 4.73 Å². The van der Waals surface area contributed by atoms with Crippen LogP contribution >= 0.6 is 0 Å². The number of nitrogens with zero attached hydrogens (tertiary/aromatic N) is 2. The molecular weight excluding hydrogens is 312 g/mol. The number of methoxy groups -OCH3 is 1. The first kappa shape index (κ1) is 17.3. The first-order chi connectivity index (χ1) is 11.5. The van der Waals surface area contributed by atoms with Crippen molar-refractivity contribution in [1.29, 1.82) is 0 Å². The quantitative estimate of drug-likeness (QED) is 0.451. The van der Waals surface area contributed by atoms with Crippen molar-refractivity contribution in [2.45, 2.75) is 6.54 Å². The monoisotopic (exact) mass is 330 g/mol. The van der Waals surface area contributed by atoms with Crippen LogP contribution in [0.2, 0.25) is 0 Å². The summed E-state index contributed by atoms with van der Waals surface area (Å²) in [5.41, 5.74) is 0.667. The summed E-state index contributed by atoms with van der Waals surface area (Å²) in [4.78, 5) is 25.3. The van der Waals surface area contributed by atoms with Gasteiger partial charge in [0.05, 0.1) is 7.11 Å². The molecule has 126 valence electrons. The Morgan fingerprint density at radius 1 is 1.17 bits per heavy atom. The van der Waals surface area contributed by atoms with Crippen LogP contribution in [0.4, 0.5) is 0 Å². The number of likely N-dealkylation sites (N-methyl/N-ethyl adjacent to an activating group) is 1. The van der Waals surface area contributed by atoms with E-state index in [1.807, 2.05) is 18.2 Å². The minimum Gasteiger partial charge on any atom is -0.618 e. The fraction of sp³-hybridized carbons (Fsp3) is 0.235. The number of aromatic nitrogens is 1. The maximum absolute atomic E-state index is 12.1. The molecular formula is C17H18N2O5. The molecule has 0 atom stereocenters. The number of amides is 1. The number of para-hydroxylation sites is 1. The van der Waals surface area contributed by atoms with Gasteiger partial charge in [0.15, 0.2) is 12.8 Å². The van der Waals surface area contributed by atoms with Gasteiger partial charge in [-0.25, -0.2) is 4.79 Å². The van der Waals surface area contributed by atoms with Crippen LogP contribution < -0.4 is 9.47 Å². The van der Waals surface area contributed by atoms with Crippen LogP contribution in [-0.4, -0.2) is 37.5 Å². The lowest BCUT2D eigenvalue weighted by Gasteiger charge is -2.18. The van der Waals surface area contributed by atoms with Crippen molar-refractivity contribution in [2.24, 2.45) is 0 Å². The molecule has 0 saturated heterocycles. The number of esters is 1. The summed E-state index contributed by atoms with van der Waals surface area (Å²) in [7, 11) is 3.15. The van der Waals surface area contributed by atoms with E-state index < -0.39 is 12.6 Å². The summed E-state index contributed by atoms with van der Waals surface area (Å²) < 4.78 is 10.5. The van der Waals surface area contributed by atoms with E-state index in [4.69, 9.17) is 9.47 Å². The molecule has 0 N–H and O–H groups in total. The van der Waals surface area contributed by atoms with Crippen LogP contribution in [0.25, 0.3) is 0 Å². The zero-order valence-corrected chi connectivity index (χ0v) is 13.5. The van der Waals surface area contributed by atoms with E-state index in [-0.39, 0.29) is 11.6 Å². The Bertz CT molecular complexity index is 732. The molecule has 7 heteroatoms. The number of benzene rings is 1. The van der Waals surface area contributed by atoms with Gasteiger partial charge in [-0.15, -0.1) is 0 Å². The van der Waals surface area contributed by atoms with E-state index in [2.05, 4.69) is 0 Å². The minimum absolute atomic E-state index is 0.169. The van der Waals surface area contributed by atoms with Gasteiger partial charge in [-0.1, -0.05) is 18.2 Å². The summed E-state index contributed by atoms with van der Waals surface area (Å²) in [6.45, 7) is -0.132. The second-order valence-electron chi connectivity index (χ2n) is 5.05. The van der Waals surface area contributed by atoms with Gasteiger partial charge in [0.1, 0.15) is 5.75 Å². The molecule has 0 aliphatic rings. The number of hydrogen-bond donors (Lipinski definition) is 0. The second kappa shape index (κ2) is 7.96. The SMILES string of the molecule is COc1ccccc1CN(C)C(=O)COC(=O)c1cccc[n+]1[O-]. The highest BCUT2D eigenvalue weighted by atomic mass is 16.5. The Hall–Kier alpha value is -3.09. The van der Waals surface area contributed by atoms with Gasteiger partial charge in [0, 0.05) is 31.3 Å². The molecule has 0 aliphatic carbocycles. The largest absolute Gasteiger partial charge is 0.618 e. The molecule has 1 aromatic carbocycles. The minimum atomic E-state index is -0.843. The zero-order chi connectivity index (χ0) is 17.5. The van der Waals surface area contributed by atoms with E-state index >= 15 is 0 Å². The standard InChI is InChI=1S/C17H18N2O5/c1-18(11-13-7-3-4-9-15(13)23-2)16(20)12-24-17(21)14-8-5-6-10-19(14)22/h3-10H,11-12H2,1-2H3. The Kier molecular flexibility index (Phi) is 5.73. The highest BCUT2D eigenvalue weighted by molar-refractivity contribution is 5.88. The highest BCUT2D eigenvalue weighted by Crippen LogP contribution is 2.18. The van der Waals surface area contributed by atoms with E-state index in [1.165, 1.54) is 23.2 Å². The van der Waals surface area contributed by atoms with Crippen molar-refractivity contribution < 1.29 is 23.8 Å². The molecule has 0 unspecified atom stereocenters. The van der Waals surface area contributed by atoms with Crippen LogP contribution in [0.15, 0.2) is 48.7 Å². The molecule has 7 nitrogen and oxygen atoms in total. The Morgan fingerprint density at radius 3 is 2.58 bits per heavy atom. The maximum Gasteiger partial charge on any atom is 0.405 e. The van der Waals surface area contributed by atoms with E-state index in [0.717, 1.165) is 5.56 Å². The van der Waals surface area contributed by atoms with Gasteiger partial charge >= 0.3 is 11.7 Å². The zero-order valence-electron chi connectivity index (χ0n) is 13.5. The predicted molar refractivity (Wildman–Crippen MR) is 85.2 cm³/mol. The van der Waals surface area contributed by atoms with Gasteiger partial charge in [-0.3, -0.25) is 4.79 Å². The molecule has 0 bridgehead atoms. The lowest BCUT2D eigenvalue weighted by molar-refractivity contribution is -0.608. The second-order valence-corrected chi connectivity index (χ2v) is 5.05. The molecule has 1 heterocycles. The molecule has 0 saturated carbocycles. The summed E-state index contributed by atoms with van der Waals surface area (Å²) in [6, 6.07) is 11.7. The number of carbonyl (C=O) groups is 2. The molecule has 0 radical (unpaired) electrons. The highest BCUT2D eigenvalue weighted by Gasteiger charge is 2.19. The first-order valence-corrected chi connectivity index (χ1v) is 7.24. The van der Waals surface area contributed by atoms with Crippen LogP contribution in [0.3, 0.4) is 0 Å². The number of rotatable bonds is 6. The van der Waals surface area contributed by atoms with Crippen molar-refractivity contribution in [3.05, 3.63) is 65.1 Å². The average molecular weight is 330 g/mol. The number of ether oxygens (including phenoxy) is 2. The summed E-state index contributed by atoms with van der Waals surface area (Å²) in [5.74, 6) is -0.557. The third-order valence-electron chi connectivity index (χ3n) is 3.39. The Balaban J connectivity index is 1.92. The average Bonchev–Trinajstić information content (AvgIpc) is 2.60. The fourth-order valence-corrected chi connectivity index (χ4v) is 2.08. The van der Waals surface area contributed by atoms with E-state index in [0.29, 0.717) is 17.0 Å². The Morgan fingerprint density at radius 2 is 1.88 bits per heavy atom. The Labute approximate surface area is 139 Å². The van der Waals surface area contributed by atoms with Crippen molar-refractivity contribution in [3.8, 4) is 5.75 Å². The first-order valence-electron chi connectivity index (χ1n) is 7.24. The summed E-state index contributed by atoms with van der Waals surface area (Å²) >= 11 is 0. The van der Waals surface area contributed by atoms with Crippen LogP contribution in [0, 0.1) is 5.21 Å². The smallest absolute Gasteiger partial charge is 0.405 e. The molecule has 0 aliphatic heterocycles. The van der Waals surface area contributed by atoms with Gasteiger partial charge in [0.2, 0.25) is 0 Å². The topological polar surface area (TPSA) is 82.8 Å². The summed E-state index contributed by atoms with van der Waals surface area (Å²) in [5, 5.41) is 11.5. The van der Waals surface area contributed by atoms with Crippen molar-refractivity contribution in [2.75, 3.05) is 20.8 Å². The lowest BCUT2D eigenvalue weighted by atomic mass is 10.2. The molecule has 24 heavy (non-hydrogen) atoms. The van der Waals surface area contributed by atoms with E-state index in [1.54, 1.807) is 26.3 Å². The fourth-order valence-electron chi connectivity index (χ4n) is 2.08. The molecule has 1 aromatic heterocycles. The number of carbonyl (C=O) groups excluding carboxylic acids is 2. The number of pyridine rings is 1. The van der Waals surface area contributed by atoms with Gasteiger partial charge in [0.25, 0.3) is 5.91 Å². The predicted octanol–water partition coefficient (Wildman–Crippen LogP) is 1.14. The van der Waals surface area contributed by atoms with Crippen LogP contribution in [0.5, 0.6) is 5.75 Å². The lowest BCUT2D eigenvalue weighted by Crippen LogP contribution is -2.36. The van der Waals surface area contributed by atoms with Crippen molar-refractivity contribution in [3.63, 3.8) is 0 Å². The van der Waals surface area contributed by atoms with Gasteiger partial charge in [-0.05, 0) is 12.1 Å². The van der Waals surface area contributed by atoms with Crippen LogP contribution in [-0.2, 0) is 16.1 Å². The third kappa shape index (κ3) is 4.22. The summed E-state index contributed by atoms with van der Waals surface area (Å²) in [6.07, 6.45) is 1.19. The molecule has 2 aromatic rings. The van der Waals surface area contributed by atoms with Crippen molar-refractivity contribution >= 4 is 11.9 Å². The van der Waals surface area contributed by atoms with Gasteiger partial charge < -0.3 is 19.6 Å². The molecule has 0 fully saturated rings. The molecule has 2 rings (SSSR count). The third-order valence-corrected chi connectivity index (χ3v) is 3.39. The molecule has 1 amide bonds.